The SMILES string of the molecule is COc1cccc2c(OCC(=O)NCc3ccccc3)cc(C)nc12. The van der Waals surface area contributed by atoms with Crippen LogP contribution in [0.4, 0.5) is 0 Å². The average Bonchev–Trinajstić information content (AvgIpc) is 2.64. The Morgan fingerprint density at radius 3 is 2.64 bits per heavy atom. The summed E-state index contributed by atoms with van der Waals surface area (Å²) in [6.07, 6.45) is 0. The highest BCUT2D eigenvalue weighted by molar-refractivity contribution is 5.90. The number of carbonyl (C=O) groups excluding carboxylic acids is 1. The number of para-hydroxylation sites is 1. The number of hydrogen-bond acceptors (Lipinski definition) is 4. The monoisotopic (exact) mass is 336 g/mol. The topological polar surface area (TPSA) is 60.5 Å². The van der Waals surface area contributed by atoms with Gasteiger partial charge in [-0.1, -0.05) is 36.4 Å². The number of carbonyl (C=O) groups is 1. The molecule has 5 heteroatoms. The molecular weight excluding hydrogens is 316 g/mol. The zero-order chi connectivity index (χ0) is 17.6. The van der Waals surface area contributed by atoms with Crippen LogP contribution < -0.4 is 14.8 Å². The lowest BCUT2D eigenvalue weighted by Gasteiger charge is -2.12. The van der Waals surface area contributed by atoms with Crippen LogP contribution in [0.5, 0.6) is 11.5 Å². The molecule has 3 aromatic rings. The number of aryl methyl sites for hydroxylation is 1. The first-order chi connectivity index (χ1) is 12.2. The van der Waals surface area contributed by atoms with Crippen molar-refractivity contribution in [1.82, 2.24) is 10.3 Å². The van der Waals surface area contributed by atoms with Gasteiger partial charge < -0.3 is 14.8 Å². The first kappa shape index (κ1) is 16.8. The van der Waals surface area contributed by atoms with Gasteiger partial charge in [-0.3, -0.25) is 4.79 Å². The van der Waals surface area contributed by atoms with Gasteiger partial charge in [-0.25, -0.2) is 4.98 Å². The molecule has 0 aliphatic rings. The summed E-state index contributed by atoms with van der Waals surface area (Å²) < 4.78 is 11.1. The van der Waals surface area contributed by atoms with E-state index in [1.54, 1.807) is 7.11 Å². The van der Waals surface area contributed by atoms with E-state index in [1.165, 1.54) is 0 Å². The number of hydrogen-bond donors (Lipinski definition) is 1. The van der Waals surface area contributed by atoms with Gasteiger partial charge in [0.15, 0.2) is 6.61 Å². The Morgan fingerprint density at radius 1 is 1.08 bits per heavy atom. The summed E-state index contributed by atoms with van der Waals surface area (Å²) in [5, 5.41) is 3.67. The van der Waals surface area contributed by atoms with Gasteiger partial charge in [0.05, 0.1) is 7.11 Å². The maximum Gasteiger partial charge on any atom is 0.258 e. The maximum absolute atomic E-state index is 12.1. The lowest BCUT2D eigenvalue weighted by molar-refractivity contribution is -0.123. The normalized spacial score (nSPS) is 10.5. The lowest BCUT2D eigenvalue weighted by Crippen LogP contribution is -2.28. The summed E-state index contributed by atoms with van der Waals surface area (Å²) in [7, 11) is 1.61. The molecule has 0 aliphatic carbocycles. The first-order valence-electron chi connectivity index (χ1n) is 8.05. The minimum absolute atomic E-state index is 0.0530. The third-order valence-electron chi connectivity index (χ3n) is 3.80. The van der Waals surface area contributed by atoms with E-state index in [2.05, 4.69) is 10.3 Å². The zero-order valence-electron chi connectivity index (χ0n) is 14.3. The molecule has 0 aliphatic heterocycles. The van der Waals surface area contributed by atoms with E-state index in [9.17, 15) is 4.79 Å². The van der Waals surface area contributed by atoms with Gasteiger partial charge in [0, 0.05) is 23.7 Å². The summed E-state index contributed by atoms with van der Waals surface area (Å²) in [4.78, 5) is 16.6. The molecule has 0 fully saturated rings. The van der Waals surface area contributed by atoms with Gasteiger partial charge in [0.25, 0.3) is 5.91 Å². The van der Waals surface area contributed by atoms with Crippen molar-refractivity contribution < 1.29 is 14.3 Å². The summed E-state index contributed by atoms with van der Waals surface area (Å²) in [5.74, 6) is 1.13. The molecule has 0 bridgehead atoms. The second kappa shape index (κ2) is 7.66. The molecule has 128 valence electrons. The summed E-state index contributed by atoms with van der Waals surface area (Å²) in [6, 6.07) is 17.2. The van der Waals surface area contributed by atoms with Crippen LogP contribution in [-0.4, -0.2) is 24.6 Å². The first-order valence-corrected chi connectivity index (χ1v) is 8.05. The van der Waals surface area contributed by atoms with Crippen molar-refractivity contribution in [1.29, 1.82) is 0 Å². The van der Waals surface area contributed by atoms with Crippen molar-refractivity contribution >= 4 is 16.8 Å². The van der Waals surface area contributed by atoms with Crippen LogP contribution >= 0.6 is 0 Å². The molecule has 2 aromatic carbocycles. The Hall–Kier alpha value is -3.08. The van der Waals surface area contributed by atoms with E-state index in [0.29, 0.717) is 18.0 Å². The number of nitrogens with one attached hydrogen (secondary N) is 1. The molecule has 1 aromatic heterocycles. The van der Waals surface area contributed by atoms with Crippen molar-refractivity contribution in [2.24, 2.45) is 0 Å². The highest BCUT2D eigenvalue weighted by Crippen LogP contribution is 2.31. The number of pyridine rings is 1. The van der Waals surface area contributed by atoms with Gasteiger partial charge in [-0.15, -0.1) is 0 Å². The predicted molar refractivity (Wildman–Crippen MR) is 96.8 cm³/mol. The number of ether oxygens (including phenoxy) is 2. The third kappa shape index (κ3) is 4.07. The van der Waals surface area contributed by atoms with E-state index in [0.717, 1.165) is 22.2 Å². The van der Waals surface area contributed by atoms with Crippen LogP contribution in [0.2, 0.25) is 0 Å². The van der Waals surface area contributed by atoms with Crippen LogP contribution in [-0.2, 0) is 11.3 Å². The molecule has 3 rings (SSSR count). The highest BCUT2D eigenvalue weighted by Gasteiger charge is 2.11. The van der Waals surface area contributed by atoms with Crippen molar-refractivity contribution in [2.75, 3.05) is 13.7 Å². The predicted octanol–water partition coefficient (Wildman–Crippen LogP) is 3.25. The largest absolute Gasteiger partial charge is 0.494 e. The van der Waals surface area contributed by atoms with E-state index in [-0.39, 0.29) is 12.5 Å². The molecule has 0 radical (unpaired) electrons. The minimum Gasteiger partial charge on any atom is -0.494 e. The Labute approximate surface area is 146 Å². The number of rotatable bonds is 6. The fourth-order valence-corrected chi connectivity index (χ4v) is 2.59. The third-order valence-corrected chi connectivity index (χ3v) is 3.80. The van der Waals surface area contributed by atoms with Gasteiger partial charge in [-0.05, 0) is 24.6 Å². The maximum atomic E-state index is 12.1. The molecule has 0 atom stereocenters. The standard InChI is InChI=1S/C20H20N2O3/c1-14-11-18(16-9-6-10-17(24-2)20(16)22-14)25-13-19(23)21-12-15-7-4-3-5-8-15/h3-11H,12-13H2,1-2H3,(H,21,23). The Balaban J connectivity index is 1.69. The van der Waals surface area contributed by atoms with Crippen LogP contribution in [0, 0.1) is 6.92 Å². The minimum atomic E-state index is -0.172. The number of amides is 1. The Morgan fingerprint density at radius 2 is 1.88 bits per heavy atom. The quantitative estimate of drug-likeness (QED) is 0.751. The molecule has 1 N–H and O–H groups in total. The second-order valence-electron chi connectivity index (χ2n) is 5.67. The molecule has 1 heterocycles. The van der Waals surface area contributed by atoms with E-state index >= 15 is 0 Å². The summed E-state index contributed by atoms with van der Waals surface area (Å²) in [6.45, 7) is 2.31. The van der Waals surface area contributed by atoms with E-state index < -0.39 is 0 Å². The average molecular weight is 336 g/mol. The molecule has 5 nitrogen and oxygen atoms in total. The summed E-state index contributed by atoms with van der Waals surface area (Å²) >= 11 is 0. The van der Waals surface area contributed by atoms with Crippen LogP contribution in [0.25, 0.3) is 10.9 Å². The summed E-state index contributed by atoms with van der Waals surface area (Å²) in [5.41, 5.74) is 2.58. The number of aromatic nitrogens is 1. The van der Waals surface area contributed by atoms with Gasteiger partial charge in [0.2, 0.25) is 0 Å². The van der Waals surface area contributed by atoms with Crippen molar-refractivity contribution in [3.8, 4) is 11.5 Å². The van der Waals surface area contributed by atoms with Gasteiger partial charge in [0.1, 0.15) is 17.0 Å². The number of benzene rings is 2. The molecule has 0 unspecified atom stereocenters. The molecular formula is C20H20N2O3. The van der Waals surface area contributed by atoms with E-state index in [1.807, 2.05) is 61.5 Å². The molecule has 0 spiro atoms. The molecule has 0 saturated heterocycles. The lowest BCUT2D eigenvalue weighted by atomic mass is 10.1. The van der Waals surface area contributed by atoms with Gasteiger partial charge >= 0.3 is 0 Å². The Kier molecular flexibility index (Phi) is 5.14. The fraction of sp³-hybridized carbons (Fsp3) is 0.200. The van der Waals surface area contributed by atoms with Gasteiger partial charge in [-0.2, -0.15) is 0 Å². The van der Waals surface area contributed by atoms with Crippen molar-refractivity contribution in [3.63, 3.8) is 0 Å². The zero-order valence-corrected chi connectivity index (χ0v) is 14.3. The smallest absolute Gasteiger partial charge is 0.258 e. The second-order valence-corrected chi connectivity index (χ2v) is 5.67. The van der Waals surface area contributed by atoms with E-state index in [4.69, 9.17) is 9.47 Å². The van der Waals surface area contributed by atoms with Crippen molar-refractivity contribution in [2.45, 2.75) is 13.5 Å². The van der Waals surface area contributed by atoms with Crippen LogP contribution in [0.15, 0.2) is 54.6 Å². The molecule has 0 saturated carbocycles. The Bertz CT molecular complexity index is 879. The molecule has 1 amide bonds. The molecule has 25 heavy (non-hydrogen) atoms. The number of methoxy groups -OCH3 is 1. The van der Waals surface area contributed by atoms with Crippen molar-refractivity contribution in [3.05, 3.63) is 65.9 Å². The van der Waals surface area contributed by atoms with Crippen LogP contribution in [0.3, 0.4) is 0 Å². The fourth-order valence-electron chi connectivity index (χ4n) is 2.59. The highest BCUT2D eigenvalue weighted by atomic mass is 16.5. The van der Waals surface area contributed by atoms with Crippen LogP contribution in [0.1, 0.15) is 11.3 Å². The number of fused-ring (bicyclic) bond motifs is 1. The number of nitrogens with zero attached hydrogens (tertiary/aromatic N) is 1.